The van der Waals surface area contributed by atoms with Gasteiger partial charge < -0.3 is 14.8 Å². The van der Waals surface area contributed by atoms with Gasteiger partial charge in [0, 0.05) is 11.8 Å². The van der Waals surface area contributed by atoms with Crippen LogP contribution in [0.5, 0.6) is 5.75 Å². The number of nitriles is 1. The Hall–Kier alpha value is -3.30. The first-order chi connectivity index (χ1) is 12.5. The zero-order chi connectivity index (χ0) is 18.9. The molecule has 26 heavy (non-hydrogen) atoms. The van der Waals surface area contributed by atoms with Crippen LogP contribution in [0.25, 0.3) is 6.08 Å². The largest absolute Gasteiger partial charge is 0.497 e. The maximum absolute atomic E-state index is 11.8. The molecule has 0 unspecified atom stereocenters. The summed E-state index contributed by atoms with van der Waals surface area (Å²) >= 11 is 5.88. The zero-order valence-corrected chi connectivity index (χ0v) is 14.6. The number of amides is 1. The molecule has 132 valence electrons. The Balaban J connectivity index is 1.84. The van der Waals surface area contributed by atoms with Gasteiger partial charge in [-0.05, 0) is 42.0 Å². The van der Waals surface area contributed by atoms with Crippen LogP contribution < -0.4 is 10.1 Å². The summed E-state index contributed by atoms with van der Waals surface area (Å²) in [5.74, 6) is -0.504. The molecule has 0 bridgehead atoms. The van der Waals surface area contributed by atoms with E-state index in [0.29, 0.717) is 17.0 Å². The van der Waals surface area contributed by atoms with E-state index in [9.17, 15) is 9.59 Å². The van der Waals surface area contributed by atoms with Gasteiger partial charge in [-0.2, -0.15) is 5.26 Å². The van der Waals surface area contributed by atoms with Crippen LogP contribution in [0.2, 0.25) is 5.02 Å². The van der Waals surface area contributed by atoms with Gasteiger partial charge in [-0.1, -0.05) is 23.7 Å². The van der Waals surface area contributed by atoms with E-state index in [1.807, 2.05) is 6.07 Å². The first kappa shape index (κ1) is 19.0. The van der Waals surface area contributed by atoms with Crippen molar-refractivity contribution in [2.24, 2.45) is 0 Å². The summed E-state index contributed by atoms with van der Waals surface area (Å²) in [4.78, 5) is 23.5. The predicted molar refractivity (Wildman–Crippen MR) is 97.8 cm³/mol. The summed E-state index contributed by atoms with van der Waals surface area (Å²) in [5, 5.41) is 11.6. The highest BCUT2D eigenvalue weighted by Gasteiger charge is 2.07. The first-order valence-electron chi connectivity index (χ1n) is 7.50. The van der Waals surface area contributed by atoms with Gasteiger partial charge in [-0.15, -0.1) is 0 Å². The molecule has 0 radical (unpaired) electrons. The molecule has 0 aliphatic heterocycles. The summed E-state index contributed by atoms with van der Waals surface area (Å²) in [6.45, 7) is -0.446. The highest BCUT2D eigenvalue weighted by atomic mass is 35.5. The molecule has 0 saturated carbocycles. The van der Waals surface area contributed by atoms with Crippen LogP contribution in [-0.4, -0.2) is 25.6 Å². The number of anilines is 1. The van der Waals surface area contributed by atoms with E-state index >= 15 is 0 Å². The zero-order valence-electron chi connectivity index (χ0n) is 13.9. The molecule has 2 aromatic carbocycles. The van der Waals surface area contributed by atoms with Crippen molar-refractivity contribution in [1.29, 1.82) is 5.26 Å². The van der Waals surface area contributed by atoms with E-state index in [4.69, 9.17) is 26.3 Å². The number of carbonyl (C=O) groups is 2. The number of rotatable bonds is 6. The summed E-state index contributed by atoms with van der Waals surface area (Å²) in [6.07, 6.45) is 2.78. The molecule has 2 aromatic rings. The molecule has 0 fully saturated rings. The Morgan fingerprint density at radius 1 is 1.27 bits per heavy atom. The third-order valence-electron chi connectivity index (χ3n) is 3.22. The molecule has 0 aromatic heterocycles. The lowest BCUT2D eigenvalue weighted by Gasteiger charge is -2.06. The van der Waals surface area contributed by atoms with Gasteiger partial charge in [-0.3, -0.25) is 4.79 Å². The molecule has 7 heteroatoms. The van der Waals surface area contributed by atoms with Crippen molar-refractivity contribution >= 4 is 35.2 Å². The van der Waals surface area contributed by atoms with Crippen LogP contribution in [0.3, 0.4) is 0 Å². The summed E-state index contributed by atoms with van der Waals surface area (Å²) < 4.78 is 9.97. The Kier molecular flexibility index (Phi) is 6.77. The molecule has 0 spiro atoms. The lowest BCUT2D eigenvalue weighted by atomic mass is 10.2. The minimum absolute atomic E-state index is 0.225. The van der Waals surface area contributed by atoms with Gasteiger partial charge in [-0.25, -0.2) is 4.79 Å². The third-order valence-corrected chi connectivity index (χ3v) is 3.54. The fraction of sp³-hybridized carbons (Fsp3) is 0.105. The lowest BCUT2D eigenvalue weighted by molar-refractivity contribution is -0.142. The van der Waals surface area contributed by atoms with Crippen molar-refractivity contribution in [2.75, 3.05) is 19.0 Å². The van der Waals surface area contributed by atoms with E-state index in [2.05, 4.69) is 5.32 Å². The van der Waals surface area contributed by atoms with Gasteiger partial charge >= 0.3 is 5.97 Å². The van der Waals surface area contributed by atoms with Crippen molar-refractivity contribution in [3.8, 4) is 11.8 Å². The van der Waals surface area contributed by atoms with Crippen LogP contribution >= 0.6 is 11.6 Å². The van der Waals surface area contributed by atoms with Gasteiger partial charge in [0.25, 0.3) is 5.91 Å². The SMILES string of the molecule is COc1cccc(C=CC(=O)OCC(=O)Nc2ccc(C#N)c(Cl)c2)c1. The molecule has 0 saturated heterocycles. The third kappa shape index (κ3) is 5.65. The van der Waals surface area contributed by atoms with E-state index in [1.54, 1.807) is 37.5 Å². The Morgan fingerprint density at radius 3 is 2.77 bits per heavy atom. The molecule has 0 heterocycles. The number of nitrogens with zero attached hydrogens (tertiary/aromatic N) is 1. The van der Waals surface area contributed by atoms with Crippen LogP contribution in [0.4, 0.5) is 5.69 Å². The van der Waals surface area contributed by atoms with Gasteiger partial charge in [0.15, 0.2) is 6.61 Å². The number of halogens is 1. The number of carbonyl (C=O) groups excluding carboxylic acids is 2. The maximum Gasteiger partial charge on any atom is 0.331 e. The second-order valence-electron chi connectivity index (χ2n) is 5.07. The van der Waals surface area contributed by atoms with Gasteiger partial charge in [0.05, 0.1) is 17.7 Å². The highest BCUT2D eigenvalue weighted by Crippen LogP contribution is 2.20. The first-order valence-corrected chi connectivity index (χ1v) is 7.88. The fourth-order valence-corrected chi connectivity index (χ4v) is 2.20. The smallest absolute Gasteiger partial charge is 0.331 e. The van der Waals surface area contributed by atoms with E-state index in [1.165, 1.54) is 24.3 Å². The summed E-state index contributed by atoms with van der Waals surface area (Å²) in [5.41, 5.74) is 1.47. The second-order valence-corrected chi connectivity index (χ2v) is 5.48. The minimum atomic E-state index is -0.652. The van der Waals surface area contributed by atoms with Crippen LogP contribution in [0.1, 0.15) is 11.1 Å². The quantitative estimate of drug-likeness (QED) is 0.621. The van der Waals surface area contributed by atoms with E-state index < -0.39 is 18.5 Å². The predicted octanol–water partition coefficient (Wildman–Crippen LogP) is 3.42. The topological polar surface area (TPSA) is 88.4 Å². The maximum atomic E-state index is 11.8. The molecule has 1 amide bonds. The number of nitrogens with one attached hydrogen (secondary N) is 1. The monoisotopic (exact) mass is 370 g/mol. The average molecular weight is 371 g/mol. The molecule has 6 nitrogen and oxygen atoms in total. The van der Waals surface area contributed by atoms with Crippen LogP contribution in [-0.2, 0) is 14.3 Å². The Bertz CT molecular complexity index is 887. The number of hydrogen-bond acceptors (Lipinski definition) is 5. The van der Waals surface area contributed by atoms with Crippen molar-refractivity contribution in [1.82, 2.24) is 0 Å². The highest BCUT2D eigenvalue weighted by molar-refractivity contribution is 6.32. The summed E-state index contributed by atoms with van der Waals surface area (Å²) in [6, 6.07) is 13.5. The molecule has 0 aliphatic carbocycles. The minimum Gasteiger partial charge on any atom is -0.497 e. The Morgan fingerprint density at radius 2 is 2.08 bits per heavy atom. The average Bonchev–Trinajstić information content (AvgIpc) is 2.65. The molecule has 0 atom stereocenters. The Labute approximate surface area is 155 Å². The van der Waals surface area contributed by atoms with Crippen LogP contribution in [0, 0.1) is 11.3 Å². The lowest BCUT2D eigenvalue weighted by Crippen LogP contribution is -2.20. The normalized spacial score (nSPS) is 10.2. The molecule has 2 rings (SSSR count). The number of hydrogen-bond donors (Lipinski definition) is 1. The standard InChI is InChI=1S/C19H15ClN2O4/c1-25-16-4-2-3-13(9-16)5-8-19(24)26-12-18(23)22-15-7-6-14(11-21)17(20)10-15/h2-10H,12H2,1H3,(H,22,23). The fourth-order valence-electron chi connectivity index (χ4n) is 1.97. The van der Waals surface area contributed by atoms with E-state index in [0.717, 1.165) is 5.56 Å². The van der Waals surface area contributed by atoms with Crippen molar-refractivity contribution in [3.63, 3.8) is 0 Å². The number of ether oxygens (including phenoxy) is 2. The molecular formula is C19H15ClN2O4. The van der Waals surface area contributed by atoms with Crippen molar-refractivity contribution < 1.29 is 19.1 Å². The van der Waals surface area contributed by atoms with E-state index in [-0.39, 0.29) is 5.02 Å². The van der Waals surface area contributed by atoms with Gasteiger partial charge in [0.1, 0.15) is 11.8 Å². The van der Waals surface area contributed by atoms with Gasteiger partial charge in [0.2, 0.25) is 0 Å². The molecule has 1 N–H and O–H groups in total. The number of esters is 1. The van der Waals surface area contributed by atoms with Crippen molar-refractivity contribution in [2.45, 2.75) is 0 Å². The summed E-state index contributed by atoms with van der Waals surface area (Å²) in [7, 11) is 1.55. The van der Waals surface area contributed by atoms with Crippen molar-refractivity contribution in [3.05, 3.63) is 64.7 Å². The number of benzene rings is 2. The van der Waals surface area contributed by atoms with Crippen LogP contribution in [0.15, 0.2) is 48.5 Å². The molecule has 0 aliphatic rings. The molecular weight excluding hydrogens is 356 g/mol. The number of methoxy groups -OCH3 is 1. The second kappa shape index (κ2) is 9.25.